The van der Waals surface area contributed by atoms with E-state index >= 15 is 0 Å². The van der Waals surface area contributed by atoms with E-state index in [1.807, 2.05) is 43.1 Å². The van der Waals surface area contributed by atoms with Gasteiger partial charge in [-0.15, -0.1) is 24.0 Å². The topological polar surface area (TPSA) is 47.9 Å². The van der Waals surface area contributed by atoms with E-state index in [-0.39, 0.29) is 24.0 Å². The van der Waals surface area contributed by atoms with Gasteiger partial charge in [0.25, 0.3) is 0 Å². The van der Waals surface area contributed by atoms with Crippen LogP contribution in [-0.4, -0.2) is 53.2 Å². The van der Waals surface area contributed by atoms with E-state index in [9.17, 15) is 5.11 Å². The Morgan fingerprint density at radius 2 is 2.22 bits per heavy atom. The van der Waals surface area contributed by atoms with Crippen molar-refractivity contribution in [2.45, 2.75) is 25.5 Å². The zero-order chi connectivity index (χ0) is 16.0. The number of thioether (sulfide) groups is 1. The van der Waals surface area contributed by atoms with E-state index in [1.165, 1.54) is 0 Å². The molecule has 23 heavy (non-hydrogen) atoms. The minimum Gasteiger partial charge on any atom is -0.387 e. The third-order valence-corrected chi connectivity index (χ3v) is 5.27. The van der Waals surface area contributed by atoms with Gasteiger partial charge in [-0.05, 0) is 30.7 Å². The predicted molar refractivity (Wildman–Crippen MR) is 111 cm³/mol. The van der Waals surface area contributed by atoms with Gasteiger partial charge >= 0.3 is 0 Å². The van der Waals surface area contributed by atoms with Crippen molar-refractivity contribution in [2.24, 2.45) is 4.99 Å². The van der Waals surface area contributed by atoms with Gasteiger partial charge < -0.3 is 15.3 Å². The number of aliphatic imine (C=N–C) groups is 1. The van der Waals surface area contributed by atoms with Gasteiger partial charge in [0, 0.05) is 30.9 Å². The first-order valence-corrected chi connectivity index (χ1v) is 9.10. The summed E-state index contributed by atoms with van der Waals surface area (Å²) >= 11 is 8.01. The van der Waals surface area contributed by atoms with Crippen LogP contribution >= 0.6 is 47.3 Å². The van der Waals surface area contributed by atoms with Crippen molar-refractivity contribution < 1.29 is 5.11 Å². The van der Waals surface area contributed by atoms with E-state index in [0.717, 1.165) is 41.0 Å². The van der Waals surface area contributed by atoms with Crippen LogP contribution in [-0.2, 0) is 6.54 Å². The average Bonchev–Trinajstić information content (AvgIpc) is 2.93. The van der Waals surface area contributed by atoms with Gasteiger partial charge in [-0.25, -0.2) is 0 Å². The van der Waals surface area contributed by atoms with Crippen molar-refractivity contribution in [3.8, 4) is 0 Å². The molecule has 1 heterocycles. The van der Waals surface area contributed by atoms with Gasteiger partial charge in [0.15, 0.2) is 5.96 Å². The molecule has 1 aromatic rings. The highest BCUT2D eigenvalue weighted by atomic mass is 127. The summed E-state index contributed by atoms with van der Waals surface area (Å²) in [7, 11) is 1.98. The van der Waals surface area contributed by atoms with Gasteiger partial charge in [0.1, 0.15) is 0 Å². The number of hydrogen-bond acceptors (Lipinski definition) is 3. The van der Waals surface area contributed by atoms with E-state index in [1.54, 1.807) is 11.8 Å². The van der Waals surface area contributed by atoms with E-state index in [2.05, 4.69) is 10.3 Å². The molecule has 1 atom stereocenters. The summed E-state index contributed by atoms with van der Waals surface area (Å²) in [6.07, 6.45) is 0.814. The molecule has 1 saturated heterocycles. The van der Waals surface area contributed by atoms with Crippen LogP contribution in [0.25, 0.3) is 0 Å². The quantitative estimate of drug-likeness (QED) is 0.395. The van der Waals surface area contributed by atoms with Gasteiger partial charge in [0.2, 0.25) is 0 Å². The maximum Gasteiger partial charge on any atom is 0.194 e. The van der Waals surface area contributed by atoms with Gasteiger partial charge in [0.05, 0.1) is 12.1 Å². The smallest absolute Gasteiger partial charge is 0.194 e. The lowest BCUT2D eigenvalue weighted by molar-refractivity contribution is 0.0776. The number of nitrogens with zero attached hydrogens (tertiary/aromatic N) is 2. The number of rotatable bonds is 5. The lowest BCUT2D eigenvalue weighted by atomic mass is 10.0. The van der Waals surface area contributed by atoms with Crippen molar-refractivity contribution in [1.29, 1.82) is 0 Å². The Bertz CT molecular complexity index is 524. The molecular weight excluding hydrogens is 445 g/mol. The second-order valence-corrected chi connectivity index (χ2v) is 7.16. The molecule has 7 heteroatoms. The van der Waals surface area contributed by atoms with Crippen LogP contribution in [0.4, 0.5) is 0 Å². The van der Waals surface area contributed by atoms with Crippen molar-refractivity contribution in [3.05, 3.63) is 34.9 Å². The van der Waals surface area contributed by atoms with Crippen molar-refractivity contribution in [1.82, 2.24) is 10.2 Å². The Morgan fingerprint density at radius 1 is 1.48 bits per heavy atom. The monoisotopic (exact) mass is 469 g/mol. The average molecular weight is 470 g/mol. The Labute approximate surface area is 165 Å². The molecule has 2 N–H and O–H groups in total. The maximum atomic E-state index is 10.4. The van der Waals surface area contributed by atoms with Crippen LogP contribution in [0.3, 0.4) is 0 Å². The zero-order valence-corrected chi connectivity index (χ0v) is 17.5. The van der Waals surface area contributed by atoms with Crippen LogP contribution in [0, 0.1) is 0 Å². The van der Waals surface area contributed by atoms with Gasteiger partial charge in [-0.1, -0.05) is 29.8 Å². The summed E-state index contributed by atoms with van der Waals surface area (Å²) < 4.78 is 0. The highest BCUT2D eigenvalue weighted by molar-refractivity contribution is 14.0. The molecule has 0 saturated carbocycles. The minimum atomic E-state index is -0.656. The highest BCUT2D eigenvalue weighted by Crippen LogP contribution is 2.28. The molecule has 0 amide bonds. The molecule has 0 bridgehead atoms. The SMILES string of the molecule is CCNC(=NCC1(O)CCSC1)N(C)Cc1ccccc1Cl.I. The first kappa shape index (κ1) is 20.9. The first-order chi connectivity index (χ1) is 10.5. The summed E-state index contributed by atoms with van der Waals surface area (Å²) in [5.41, 5.74) is 0.406. The fourth-order valence-electron chi connectivity index (χ4n) is 2.37. The van der Waals surface area contributed by atoms with E-state index < -0.39 is 5.60 Å². The fourth-order valence-corrected chi connectivity index (χ4v) is 3.85. The molecule has 1 aromatic carbocycles. The zero-order valence-electron chi connectivity index (χ0n) is 13.6. The number of aliphatic hydroxyl groups is 1. The summed E-state index contributed by atoms with van der Waals surface area (Å²) in [5.74, 6) is 2.58. The number of benzene rings is 1. The molecule has 2 rings (SSSR count). The normalized spacial score (nSPS) is 21.0. The van der Waals surface area contributed by atoms with Crippen LogP contribution in [0.15, 0.2) is 29.3 Å². The Balaban J connectivity index is 0.00000264. The molecule has 1 unspecified atom stereocenters. The van der Waals surface area contributed by atoms with Gasteiger partial charge in [-0.3, -0.25) is 4.99 Å². The van der Waals surface area contributed by atoms with Gasteiger partial charge in [-0.2, -0.15) is 11.8 Å². The van der Waals surface area contributed by atoms with Crippen LogP contribution in [0.2, 0.25) is 5.02 Å². The molecule has 1 aliphatic heterocycles. The second-order valence-electron chi connectivity index (χ2n) is 5.64. The van der Waals surface area contributed by atoms with Crippen molar-refractivity contribution in [3.63, 3.8) is 0 Å². The number of hydrogen-bond donors (Lipinski definition) is 2. The van der Waals surface area contributed by atoms with Crippen LogP contribution < -0.4 is 5.32 Å². The number of nitrogens with one attached hydrogen (secondary N) is 1. The largest absolute Gasteiger partial charge is 0.387 e. The standard InChI is InChI=1S/C16H24ClN3OS.HI/c1-3-18-15(19-11-16(21)8-9-22-12-16)20(2)10-13-6-4-5-7-14(13)17;/h4-7,21H,3,8-12H2,1-2H3,(H,18,19);1H. The molecular formula is C16H25ClIN3OS. The Morgan fingerprint density at radius 3 is 2.83 bits per heavy atom. The number of guanidine groups is 1. The lowest BCUT2D eigenvalue weighted by Crippen LogP contribution is -2.41. The molecule has 4 nitrogen and oxygen atoms in total. The van der Waals surface area contributed by atoms with Crippen molar-refractivity contribution >= 4 is 53.3 Å². The first-order valence-electron chi connectivity index (χ1n) is 7.57. The Kier molecular flexibility index (Phi) is 9.03. The van der Waals surface area contributed by atoms with E-state index in [4.69, 9.17) is 11.6 Å². The maximum absolute atomic E-state index is 10.4. The molecule has 130 valence electrons. The molecule has 0 aromatic heterocycles. The summed E-state index contributed by atoms with van der Waals surface area (Å²) in [5, 5.41) is 14.5. The lowest BCUT2D eigenvalue weighted by Gasteiger charge is -2.25. The molecule has 1 fully saturated rings. The van der Waals surface area contributed by atoms with Crippen LogP contribution in [0.1, 0.15) is 18.9 Å². The molecule has 0 aliphatic carbocycles. The Hall–Kier alpha value is -0.180. The summed E-state index contributed by atoms with van der Waals surface area (Å²) in [6, 6.07) is 7.83. The second kappa shape index (κ2) is 9.96. The predicted octanol–water partition coefficient (Wildman–Crippen LogP) is 3.22. The van der Waals surface area contributed by atoms with E-state index in [0.29, 0.717) is 13.1 Å². The highest BCUT2D eigenvalue weighted by Gasteiger charge is 2.31. The molecule has 0 radical (unpaired) electrons. The molecule has 1 aliphatic rings. The summed E-state index contributed by atoms with van der Waals surface area (Å²) in [4.78, 5) is 6.66. The third kappa shape index (κ3) is 6.32. The fraction of sp³-hybridized carbons (Fsp3) is 0.562. The third-order valence-electron chi connectivity index (χ3n) is 3.67. The van der Waals surface area contributed by atoms with Crippen molar-refractivity contribution in [2.75, 3.05) is 31.6 Å². The molecule has 0 spiro atoms. The van der Waals surface area contributed by atoms with Crippen LogP contribution in [0.5, 0.6) is 0 Å². The summed E-state index contributed by atoms with van der Waals surface area (Å²) in [6.45, 7) is 3.95. The minimum absolute atomic E-state index is 0. The number of halogens is 2.